The van der Waals surface area contributed by atoms with Gasteiger partial charge in [-0.15, -0.1) is 0 Å². The Labute approximate surface area is 109 Å². The van der Waals surface area contributed by atoms with Crippen LogP contribution in [0.15, 0.2) is 18.3 Å². The summed E-state index contributed by atoms with van der Waals surface area (Å²) in [6.07, 6.45) is 11.1. The predicted octanol–water partition coefficient (Wildman–Crippen LogP) is 2.52. The van der Waals surface area contributed by atoms with E-state index in [9.17, 15) is 0 Å². The number of nitrogens with zero attached hydrogens (tertiary/aromatic N) is 1. The summed E-state index contributed by atoms with van der Waals surface area (Å²) >= 11 is 0. The molecule has 1 atom stereocenters. The quantitative estimate of drug-likeness (QED) is 0.860. The van der Waals surface area contributed by atoms with E-state index in [-0.39, 0.29) is 0 Å². The zero-order chi connectivity index (χ0) is 12.4. The van der Waals surface area contributed by atoms with E-state index in [0.29, 0.717) is 11.4 Å². The van der Waals surface area contributed by atoms with E-state index >= 15 is 0 Å². The van der Waals surface area contributed by atoms with Crippen LogP contribution in [0.3, 0.4) is 0 Å². The molecule has 1 unspecified atom stereocenters. The van der Waals surface area contributed by atoms with Crippen molar-refractivity contribution in [2.24, 2.45) is 5.92 Å². The van der Waals surface area contributed by atoms with Gasteiger partial charge in [-0.1, -0.05) is 12.8 Å². The molecule has 3 heteroatoms. The van der Waals surface area contributed by atoms with Crippen LogP contribution in [-0.4, -0.2) is 17.1 Å². The fourth-order valence-corrected chi connectivity index (χ4v) is 3.42. The third-order valence-electron chi connectivity index (χ3n) is 4.50. The Kier molecular flexibility index (Phi) is 3.25. The lowest BCUT2D eigenvalue weighted by molar-refractivity contribution is 0.271. The predicted molar refractivity (Wildman–Crippen MR) is 74.3 cm³/mol. The molecule has 0 spiro atoms. The fourth-order valence-electron chi connectivity index (χ4n) is 3.42. The molecule has 0 bridgehead atoms. The summed E-state index contributed by atoms with van der Waals surface area (Å²) in [6.45, 7) is 1.18. The van der Waals surface area contributed by atoms with Crippen molar-refractivity contribution < 1.29 is 0 Å². The van der Waals surface area contributed by atoms with Gasteiger partial charge >= 0.3 is 0 Å². The summed E-state index contributed by atoms with van der Waals surface area (Å²) in [6, 6.07) is 4.16. The fraction of sp³-hybridized carbons (Fsp3) is 0.667. The third-order valence-corrected chi connectivity index (χ3v) is 4.50. The van der Waals surface area contributed by atoms with E-state index in [1.54, 1.807) is 0 Å². The lowest BCUT2D eigenvalue weighted by Crippen LogP contribution is -2.48. The summed E-state index contributed by atoms with van der Waals surface area (Å²) in [5.41, 5.74) is 7.47. The van der Waals surface area contributed by atoms with Crippen LogP contribution in [0, 0.1) is 5.92 Å². The number of nitrogens with two attached hydrogens (primary N) is 1. The number of nitrogens with one attached hydrogen (secondary N) is 1. The van der Waals surface area contributed by atoms with Gasteiger partial charge in [0.05, 0.1) is 0 Å². The molecule has 2 aliphatic rings. The summed E-state index contributed by atoms with van der Waals surface area (Å²) in [5, 5.41) is 3.86. The Bertz CT molecular complexity index is 404. The number of nitrogen functional groups attached to an aromatic ring is 1. The van der Waals surface area contributed by atoms with Crippen molar-refractivity contribution in [3.05, 3.63) is 23.9 Å². The first-order valence-electron chi connectivity index (χ1n) is 7.24. The number of rotatable bonds is 3. The van der Waals surface area contributed by atoms with Gasteiger partial charge in [0.1, 0.15) is 5.82 Å². The molecule has 1 saturated carbocycles. The van der Waals surface area contributed by atoms with Crippen LogP contribution < -0.4 is 11.1 Å². The topological polar surface area (TPSA) is 50.9 Å². The zero-order valence-corrected chi connectivity index (χ0v) is 11.0. The highest BCUT2D eigenvalue weighted by Crippen LogP contribution is 2.45. The van der Waals surface area contributed by atoms with Crippen LogP contribution >= 0.6 is 0 Å². The Hall–Kier alpha value is -1.09. The van der Waals surface area contributed by atoms with Gasteiger partial charge in [-0.2, -0.15) is 0 Å². The summed E-state index contributed by atoms with van der Waals surface area (Å²) < 4.78 is 0. The number of hydrogen-bond acceptors (Lipinski definition) is 3. The van der Waals surface area contributed by atoms with Crippen LogP contribution in [0.1, 0.15) is 44.1 Å². The molecule has 1 aromatic rings. The lowest BCUT2D eigenvalue weighted by Gasteiger charge is -2.34. The molecule has 1 aliphatic carbocycles. The molecular weight excluding hydrogens is 222 g/mol. The van der Waals surface area contributed by atoms with Gasteiger partial charge in [0.15, 0.2) is 0 Å². The van der Waals surface area contributed by atoms with Crippen molar-refractivity contribution in [2.75, 3.05) is 12.3 Å². The Morgan fingerprint density at radius 2 is 2.22 bits per heavy atom. The molecule has 3 nitrogen and oxygen atoms in total. The van der Waals surface area contributed by atoms with Crippen molar-refractivity contribution >= 4 is 5.82 Å². The van der Waals surface area contributed by atoms with Crippen LogP contribution in [0.25, 0.3) is 0 Å². The van der Waals surface area contributed by atoms with Gasteiger partial charge in [-0.3, -0.25) is 0 Å². The molecule has 2 heterocycles. The molecule has 1 aromatic heterocycles. The first kappa shape index (κ1) is 12.0. The van der Waals surface area contributed by atoms with E-state index in [4.69, 9.17) is 5.73 Å². The maximum atomic E-state index is 5.80. The lowest BCUT2D eigenvalue weighted by atomic mass is 9.82. The second kappa shape index (κ2) is 4.88. The number of aromatic nitrogens is 1. The molecule has 0 amide bonds. The Balaban J connectivity index is 1.81. The maximum absolute atomic E-state index is 5.80. The van der Waals surface area contributed by atoms with Crippen LogP contribution in [0.2, 0.25) is 0 Å². The monoisotopic (exact) mass is 245 g/mol. The minimum Gasteiger partial charge on any atom is -0.384 e. The van der Waals surface area contributed by atoms with Crippen molar-refractivity contribution in [3.8, 4) is 0 Å². The average molecular weight is 245 g/mol. The highest BCUT2D eigenvalue weighted by molar-refractivity contribution is 5.33. The van der Waals surface area contributed by atoms with Gasteiger partial charge in [-0.05, 0) is 62.3 Å². The molecule has 3 rings (SSSR count). The molecular formula is C15H23N3. The van der Waals surface area contributed by atoms with Crippen LogP contribution in [0.4, 0.5) is 5.82 Å². The standard InChI is InChI=1S/C15H23N3/c16-14-10-12(6-9-17-14)11-15(13-4-5-13)7-2-1-3-8-18-15/h6,9-10,13,18H,1-5,7-8,11H2,(H2,16,17). The van der Waals surface area contributed by atoms with Crippen LogP contribution in [-0.2, 0) is 6.42 Å². The molecule has 18 heavy (non-hydrogen) atoms. The van der Waals surface area contributed by atoms with Gasteiger partial charge < -0.3 is 11.1 Å². The second-order valence-corrected chi connectivity index (χ2v) is 5.93. The summed E-state index contributed by atoms with van der Waals surface area (Å²) in [7, 11) is 0. The highest BCUT2D eigenvalue weighted by Gasteiger charge is 2.44. The average Bonchev–Trinajstić information content (AvgIpc) is 3.16. The minimum atomic E-state index is 0.338. The van der Waals surface area contributed by atoms with E-state index in [1.165, 1.54) is 50.6 Å². The van der Waals surface area contributed by atoms with Gasteiger partial charge in [0.2, 0.25) is 0 Å². The van der Waals surface area contributed by atoms with Crippen molar-refractivity contribution in [1.29, 1.82) is 0 Å². The molecule has 0 radical (unpaired) electrons. The largest absolute Gasteiger partial charge is 0.384 e. The van der Waals surface area contributed by atoms with Crippen molar-refractivity contribution in [2.45, 2.75) is 50.5 Å². The zero-order valence-electron chi connectivity index (χ0n) is 11.0. The SMILES string of the molecule is Nc1cc(CC2(C3CC3)CCCCCN2)ccn1. The van der Waals surface area contributed by atoms with Gasteiger partial charge in [0, 0.05) is 11.7 Å². The smallest absolute Gasteiger partial charge is 0.123 e. The normalized spacial score (nSPS) is 28.9. The van der Waals surface area contributed by atoms with E-state index < -0.39 is 0 Å². The van der Waals surface area contributed by atoms with E-state index in [1.807, 2.05) is 12.3 Å². The molecule has 3 N–H and O–H groups in total. The molecule has 1 saturated heterocycles. The van der Waals surface area contributed by atoms with Crippen molar-refractivity contribution in [1.82, 2.24) is 10.3 Å². The number of anilines is 1. The number of pyridine rings is 1. The maximum Gasteiger partial charge on any atom is 0.123 e. The minimum absolute atomic E-state index is 0.338. The molecule has 0 aromatic carbocycles. The highest BCUT2D eigenvalue weighted by atomic mass is 15.0. The Morgan fingerprint density at radius 3 is 3.00 bits per heavy atom. The first-order chi connectivity index (χ1) is 8.78. The van der Waals surface area contributed by atoms with Crippen LogP contribution in [0.5, 0.6) is 0 Å². The summed E-state index contributed by atoms with van der Waals surface area (Å²) in [4.78, 5) is 4.09. The first-order valence-corrected chi connectivity index (χ1v) is 7.24. The van der Waals surface area contributed by atoms with Gasteiger partial charge in [-0.25, -0.2) is 4.98 Å². The van der Waals surface area contributed by atoms with Crippen molar-refractivity contribution in [3.63, 3.8) is 0 Å². The number of hydrogen-bond donors (Lipinski definition) is 2. The van der Waals surface area contributed by atoms with Gasteiger partial charge in [0.25, 0.3) is 0 Å². The second-order valence-electron chi connectivity index (χ2n) is 5.93. The molecule has 1 aliphatic heterocycles. The third kappa shape index (κ3) is 2.51. The molecule has 2 fully saturated rings. The molecule has 98 valence electrons. The summed E-state index contributed by atoms with van der Waals surface area (Å²) in [5.74, 6) is 1.53. The van der Waals surface area contributed by atoms with E-state index in [2.05, 4.69) is 16.4 Å². The van der Waals surface area contributed by atoms with E-state index in [0.717, 1.165) is 12.3 Å². The Morgan fingerprint density at radius 1 is 1.33 bits per heavy atom.